The van der Waals surface area contributed by atoms with E-state index in [0.29, 0.717) is 5.65 Å². The number of hydrogen-bond donors (Lipinski definition) is 0. The molecule has 3 aromatic carbocycles. The Bertz CT molecular complexity index is 1330. The van der Waals surface area contributed by atoms with Gasteiger partial charge >= 0.3 is 0 Å². The molecule has 0 aliphatic heterocycles. The van der Waals surface area contributed by atoms with Crippen molar-refractivity contribution in [3.63, 3.8) is 0 Å². The van der Waals surface area contributed by atoms with Crippen molar-refractivity contribution in [2.45, 2.75) is 38.9 Å². The Morgan fingerprint density at radius 3 is 1.49 bits per heavy atom. The van der Waals surface area contributed by atoms with Crippen molar-refractivity contribution in [2.75, 3.05) is 4.23 Å². The molecule has 0 aliphatic carbocycles. The number of fused-ring (bicyclic) bond motifs is 1. The molecule has 0 saturated heterocycles. The molecule has 0 bridgehead atoms. The van der Waals surface area contributed by atoms with Crippen molar-refractivity contribution in [3.05, 3.63) is 110 Å². The molecule has 0 amide bonds. The molecule has 0 saturated carbocycles. The van der Waals surface area contributed by atoms with Crippen LogP contribution in [-0.2, 0) is 0 Å². The molecule has 0 radical (unpaired) electrons. The molecule has 5 rings (SSSR count). The van der Waals surface area contributed by atoms with E-state index in [9.17, 15) is 0 Å². The van der Waals surface area contributed by atoms with E-state index in [1.807, 2.05) is 0 Å². The second-order valence-electron chi connectivity index (χ2n) is 9.35. The zero-order chi connectivity index (χ0) is 25.7. The summed E-state index contributed by atoms with van der Waals surface area (Å²) in [5.74, 6) is 0.915. The standard InChI is InChI=1S/C30H33N5Si2/c1-4-36(5-2,6-3)35(30-28-29(33-24-34-30)32-23-22-31-28)37(25-16-10-7-11-17-25,26-18-12-8-13-19-26)27-20-14-9-15-21-27/h7-24H,4-6H2,1-3H3. The summed E-state index contributed by atoms with van der Waals surface area (Å²) in [4.78, 5) is 18.9. The molecule has 5 nitrogen and oxygen atoms in total. The van der Waals surface area contributed by atoms with Crippen molar-refractivity contribution in [3.8, 4) is 0 Å². The third-order valence-corrected chi connectivity index (χ3v) is 19.7. The van der Waals surface area contributed by atoms with E-state index in [4.69, 9.17) is 9.97 Å². The van der Waals surface area contributed by atoms with Gasteiger partial charge < -0.3 is 4.23 Å². The molecule has 0 fully saturated rings. The van der Waals surface area contributed by atoms with Crippen LogP contribution in [0.4, 0.5) is 5.82 Å². The van der Waals surface area contributed by atoms with Gasteiger partial charge in [-0.3, -0.25) is 0 Å². The van der Waals surface area contributed by atoms with Crippen molar-refractivity contribution in [2.24, 2.45) is 0 Å². The van der Waals surface area contributed by atoms with E-state index in [1.54, 1.807) is 18.7 Å². The lowest BCUT2D eigenvalue weighted by atomic mass is 10.3. The van der Waals surface area contributed by atoms with Crippen molar-refractivity contribution in [1.82, 2.24) is 19.9 Å². The summed E-state index contributed by atoms with van der Waals surface area (Å²) in [5.41, 5.74) is 1.41. The van der Waals surface area contributed by atoms with Gasteiger partial charge in [0.25, 0.3) is 0 Å². The minimum absolute atomic E-state index is 0.640. The summed E-state index contributed by atoms with van der Waals surface area (Å²) >= 11 is 0. The fourth-order valence-electron chi connectivity index (χ4n) is 5.83. The van der Waals surface area contributed by atoms with E-state index in [1.165, 1.54) is 15.6 Å². The summed E-state index contributed by atoms with van der Waals surface area (Å²) in [6, 6.07) is 36.6. The van der Waals surface area contributed by atoms with Gasteiger partial charge in [-0.1, -0.05) is 112 Å². The normalized spacial score (nSPS) is 12.0. The second kappa shape index (κ2) is 10.7. The first-order valence-corrected chi connectivity index (χ1v) is 17.6. The SMILES string of the molecule is CC[Si](CC)(CC)N(c1ncnc2nccnc12)[Si](c1ccccc1)(c1ccccc1)c1ccccc1. The highest BCUT2D eigenvalue weighted by molar-refractivity contribution is 7.21. The predicted molar refractivity (Wildman–Crippen MR) is 159 cm³/mol. The Balaban J connectivity index is 2.02. The summed E-state index contributed by atoms with van der Waals surface area (Å²) < 4.78 is 2.82. The Labute approximate surface area is 221 Å². The highest BCUT2D eigenvalue weighted by atomic mass is 28.4. The molecule has 2 heterocycles. The average molecular weight is 520 g/mol. The maximum atomic E-state index is 5.04. The van der Waals surface area contributed by atoms with Gasteiger partial charge in [-0.05, 0) is 33.7 Å². The van der Waals surface area contributed by atoms with E-state index in [2.05, 4.69) is 126 Å². The van der Waals surface area contributed by atoms with E-state index >= 15 is 0 Å². The molecule has 0 aliphatic rings. The van der Waals surface area contributed by atoms with Gasteiger partial charge in [0.15, 0.2) is 5.65 Å². The molecule has 186 valence electrons. The number of rotatable bonds is 9. The number of anilines is 1. The number of aromatic nitrogens is 4. The zero-order valence-electron chi connectivity index (χ0n) is 21.7. The van der Waals surface area contributed by atoms with Crippen LogP contribution >= 0.6 is 0 Å². The largest absolute Gasteiger partial charge is 0.396 e. The summed E-state index contributed by atoms with van der Waals surface area (Å²) in [5, 5.41) is 4.03. The van der Waals surface area contributed by atoms with Crippen LogP contribution in [0.2, 0.25) is 18.1 Å². The summed E-state index contributed by atoms with van der Waals surface area (Å²) in [6.07, 6.45) is 5.14. The topological polar surface area (TPSA) is 54.8 Å². The van der Waals surface area contributed by atoms with Gasteiger partial charge in [0, 0.05) is 12.4 Å². The quantitative estimate of drug-likeness (QED) is 0.205. The molecule has 5 aromatic rings. The predicted octanol–water partition coefficient (Wildman–Crippen LogP) is 4.90. The number of nitrogens with zero attached hydrogens (tertiary/aromatic N) is 5. The van der Waals surface area contributed by atoms with Crippen molar-refractivity contribution >= 4 is 49.0 Å². The highest BCUT2D eigenvalue weighted by Gasteiger charge is 2.54. The smallest absolute Gasteiger partial charge is 0.246 e. The Morgan fingerprint density at radius 2 is 1.03 bits per heavy atom. The van der Waals surface area contributed by atoms with Gasteiger partial charge in [-0.25, -0.2) is 19.9 Å². The molecule has 0 N–H and O–H groups in total. The molecule has 37 heavy (non-hydrogen) atoms. The van der Waals surface area contributed by atoms with Crippen LogP contribution in [0.5, 0.6) is 0 Å². The van der Waals surface area contributed by atoms with Gasteiger partial charge in [-0.15, -0.1) is 0 Å². The van der Waals surface area contributed by atoms with Gasteiger partial charge in [0.2, 0.25) is 8.24 Å². The lowest BCUT2D eigenvalue weighted by molar-refractivity contribution is 1.08. The minimum atomic E-state index is -2.87. The molecular weight excluding hydrogens is 487 g/mol. The first-order valence-electron chi connectivity index (χ1n) is 13.1. The van der Waals surface area contributed by atoms with Crippen LogP contribution in [0.15, 0.2) is 110 Å². The average Bonchev–Trinajstić information content (AvgIpc) is 2.99. The lowest BCUT2D eigenvalue weighted by Crippen LogP contribution is -2.83. The molecular formula is C30H33N5Si2. The third-order valence-electron chi connectivity index (χ3n) is 7.82. The van der Waals surface area contributed by atoms with E-state index in [0.717, 1.165) is 29.5 Å². The highest BCUT2D eigenvalue weighted by Crippen LogP contribution is 2.36. The summed E-state index contributed by atoms with van der Waals surface area (Å²) in [7, 11) is -5.02. The first kappa shape index (κ1) is 25.0. The molecule has 0 unspecified atom stereocenters. The fraction of sp³-hybridized carbons (Fsp3) is 0.200. The van der Waals surface area contributed by atoms with Crippen LogP contribution in [-0.4, -0.2) is 36.4 Å². The van der Waals surface area contributed by atoms with Crippen molar-refractivity contribution in [1.29, 1.82) is 0 Å². The van der Waals surface area contributed by atoms with E-state index < -0.39 is 16.5 Å². The van der Waals surface area contributed by atoms with Crippen LogP contribution in [0.3, 0.4) is 0 Å². The Morgan fingerprint density at radius 1 is 0.568 bits per heavy atom. The minimum Gasteiger partial charge on any atom is -0.396 e. The number of benzene rings is 3. The lowest BCUT2D eigenvalue weighted by Gasteiger charge is -2.53. The Hall–Kier alpha value is -3.69. The molecule has 2 aromatic heterocycles. The van der Waals surface area contributed by atoms with Crippen LogP contribution in [0.1, 0.15) is 20.8 Å². The fourth-order valence-corrected chi connectivity index (χ4v) is 18.6. The maximum absolute atomic E-state index is 5.04. The van der Waals surface area contributed by atoms with E-state index in [-0.39, 0.29) is 0 Å². The van der Waals surface area contributed by atoms with Gasteiger partial charge in [-0.2, -0.15) is 0 Å². The second-order valence-corrected chi connectivity index (χ2v) is 18.4. The summed E-state index contributed by atoms with van der Waals surface area (Å²) in [6.45, 7) is 7.09. The van der Waals surface area contributed by atoms with Crippen LogP contribution in [0, 0.1) is 0 Å². The van der Waals surface area contributed by atoms with Crippen LogP contribution in [0.25, 0.3) is 11.2 Å². The molecule has 0 atom stereocenters. The third kappa shape index (κ3) is 4.18. The zero-order valence-corrected chi connectivity index (χ0v) is 23.7. The molecule has 0 spiro atoms. The van der Waals surface area contributed by atoms with Crippen LogP contribution < -0.4 is 19.8 Å². The molecule has 7 heteroatoms. The monoisotopic (exact) mass is 519 g/mol. The van der Waals surface area contributed by atoms with Gasteiger partial charge in [0.1, 0.15) is 25.9 Å². The van der Waals surface area contributed by atoms with Crippen molar-refractivity contribution < 1.29 is 0 Å². The maximum Gasteiger partial charge on any atom is 0.246 e. The number of hydrogen-bond acceptors (Lipinski definition) is 5. The first-order chi connectivity index (χ1) is 18.2. The Kier molecular flexibility index (Phi) is 7.25. The van der Waals surface area contributed by atoms with Gasteiger partial charge in [0.05, 0.1) is 0 Å².